The molecule has 0 radical (unpaired) electrons. The maximum Gasteiger partial charge on any atom is 0.0593 e. The summed E-state index contributed by atoms with van der Waals surface area (Å²) in [6, 6.07) is 0.252. The first-order chi connectivity index (χ1) is 5.16. The second kappa shape index (κ2) is 6.58. The zero-order chi connectivity index (χ0) is 8.69. The lowest BCUT2D eigenvalue weighted by Crippen LogP contribution is -2.34. The summed E-state index contributed by atoms with van der Waals surface area (Å²) in [4.78, 5) is 2.18. The van der Waals surface area contributed by atoms with E-state index < -0.39 is 0 Å². The smallest absolute Gasteiger partial charge is 0.0593 e. The molecule has 2 N–H and O–H groups in total. The minimum Gasteiger partial charge on any atom is -0.380 e. The number of likely N-dealkylation sites (N-methyl/N-ethyl adjacent to an activating group) is 1. The summed E-state index contributed by atoms with van der Waals surface area (Å²) in [6.07, 6.45) is 0. The van der Waals surface area contributed by atoms with Crippen LogP contribution in [0.1, 0.15) is 13.8 Å². The van der Waals surface area contributed by atoms with Gasteiger partial charge in [0.25, 0.3) is 0 Å². The van der Waals surface area contributed by atoms with Gasteiger partial charge in [-0.1, -0.05) is 0 Å². The molecule has 0 aromatic heterocycles. The maximum absolute atomic E-state index is 5.62. The Labute approximate surface area is 69.5 Å². The average Bonchev–Trinajstić information content (AvgIpc) is 1.86. The number of nitrogens with zero attached hydrogens (tertiary/aromatic N) is 1. The van der Waals surface area contributed by atoms with E-state index in [-0.39, 0.29) is 6.04 Å². The molecule has 3 heteroatoms. The summed E-state index contributed by atoms with van der Waals surface area (Å²) in [6.45, 7) is 7.52. The highest BCUT2D eigenvalue weighted by atomic mass is 16.5. The number of hydrogen-bond donors (Lipinski definition) is 1. The zero-order valence-electron chi connectivity index (χ0n) is 7.84. The first kappa shape index (κ1) is 10.9. The van der Waals surface area contributed by atoms with Crippen molar-refractivity contribution in [2.75, 3.05) is 33.4 Å². The van der Waals surface area contributed by atoms with Crippen LogP contribution in [-0.2, 0) is 4.74 Å². The molecule has 0 amide bonds. The van der Waals surface area contributed by atoms with E-state index in [1.807, 2.05) is 13.8 Å². The van der Waals surface area contributed by atoms with Gasteiger partial charge in [-0.05, 0) is 20.9 Å². The number of ether oxygens (including phenoxy) is 1. The molecule has 0 aromatic rings. The van der Waals surface area contributed by atoms with Crippen molar-refractivity contribution < 1.29 is 4.74 Å². The van der Waals surface area contributed by atoms with Gasteiger partial charge < -0.3 is 15.4 Å². The minimum absolute atomic E-state index is 0.252. The third kappa shape index (κ3) is 7.78. The molecule has 3 nitrogen and oxygen atoms in total. The molecule has 11 heavy (non-hydrogen) atoms. The Hall–Kier alpha value is -0.120. The van der Waals surface area contributed by atoms with Gasteiger partial charge in [-0.25, -0.2) is 0 Å². The number of hydrogen-bond acceptors (Lipinski definition) is 3. The van der Waals surface area contributed by atoms with Gasteiger partial charge in [-0.3, -0.25) is 0 Å². The minimum atomic E-state index is 0.252. The van der Waals surface area contributed by atoms with Crippen LogP contribution in [0.3, 0.4) is 0 Å². The molecule has 0 spiro atoms. The van der Waals surface area contributed by atoms with Crippen molar-refractivity contribution in [3.8, 4) is 0 Å². The molecule has 0 saturated carbocycles. The predicted octanol–water partition coefficient (Wildman–Crippen LogP) is 0.302. The molecular formula is C8H20N2O. The first-order valence-corrected chi connectivity index (χ1v) is 4.18. The summed E-state index contributed by atoms with van der Waals surface area (Å²) in [7, 11) is 2.06. The van der Waals surface area contributed by atoms with E-state index in [4.69, 9.17) is 10.5 Å². The summed E-state index contributed by atoms with van der Waals surface area (Å²) < 4.78 is 5.20. The molecule has 0 aliphatic heterocycles. The quantitative estimate of drug-likeness (QED) is 0.568. The Balaban J connectivity index is 3.15. The molecule has 0 bridgehead atoms. The van der Waals surface area contributed by atoms with Gasteiger partial charge in [-0.2, -0.15) is 0 Å². The van der Waals surface area contributed by atoms with Crippen molar-refractivity contribution >= 4 is 0 Å². The Morgan fingerprint density at radius 1 is 1.55 bits per heavy atom. The van der Waals surface area contributed by atoms with Crippen LogP contribution in [0.5, 0.6) is 0 Å². The molecule has 0 aliphatic rings. The molecule has 0 aromatic carbocycles. The van der Waals surface area contributed by atoms with Crippen LogP contribution in [0.4, 0.5) is 0 Å². The Kier molecular flexibility index (Phi) is 6.51. The molecule has 0 rings (SSSR count). The third-order valence-corrected chi connectivity index (χ3v) is 1.42. The number of rotatable bonds is 6. The Bertz CT molecular complexity index is 86.2. The van der Waals surface area contributed by atoms with Crippen molar-refractivity contribution in [3.05, 3.63) is 0 Å². The van der Waals surface area contributed by atoms with Gasteiger partial charge in [0.2, 0.25) is 0 Å². The van der Waals surface area contributed by atoms with Crippen LogP contribution in [0.25, 0.3) is 0 Å². The molecule has 0 fully saturated rings. The fourth-order valence-electron chi connectivity index (χ4n) is 0.948. The fraction of sp³-hybridized carbons (Fsp3) is 1.00. The third-order valence-electron chi connectivity index (χ3n) is 1.42. The molecule has 0 unspecified atom stereocenters. The van der Waals surface area contributed by atoms with Crippen LogP contribution in [0.2, 0.25) is 0 Å². The normalized spacial score (nSPS) is 13.9. The highest BCUT2D eigenvalue weighted by Crippen LogP contribution is 1.85. The van der Waals surface area contributed by atoms with Gasteiger partial charge in [0.15, 0.2) is 0 Å². The topological polar surface area (TPSA) is 38.5 Å². The van der Waals surface area contributed by atoms with E-state index in [0.717, 1.165) is 26.3 Å². The van der Waals surface area contributed by atoms with Crippen molar-refractivity contribution in [2.24, 2.45) is 5.73 Å². The fourth-order valence-corrected chi connectivity index (χ4v) is 0.948. The lowest BCUT2D eigenvalue weighted by atomic mass is 10.3. The maximum atomic E-state index is 5.62. The van der Waals surface area contributed by atoms with E-state index in [1.54, 1.807) is 0 Å². The molecule has 68 valence electrons. The van der Waals surface area contributed by atoms with Gasteiger partial charge >= 0.3 is 0 Å². The van der Waals surface area contributed by atoms with Crippen molar-refractivity contribution in [1.82, 2.24) is 4.90 Å². The van der Waals surface area contributed by atoms with Crippen LogP contribution >= 0.6 is 0 Å². The van der Waals surface area contributed by atoms with Gasteiger partial charge in [-0.15, -0.1) is 0 Å². The van der Waals surface area contributed by atoms with E-state index in [2.05, 4.69) is 11.9 Å². The highest BCUT2D eigenvalue weighted by Gasteiger charge is 2.00. The molecule has 0 saturated heterocycles. The predicted molar refractivity (Wildman–Crippen MR) is 47.6 cm³/mol. The highest BCUT2D eigenvalue weighted by molar-refractivity contribution is 4.58. The standard InChI is InChI=1S/C8H20N2O/c1-4-11-6-5-10(3)7-8(2)9/h8H,4-7,9H2,1-3H3/t8-/m0/s1. The summed E-state index contributed by atoms with van der Waals surface area (Å²) in [5.74, 6) is 0. The van der Waals surface area contributed by atoms with Gasteiger partial charge in [0.1, 0.15) is 0 Å². The van der Waals surface area contributed by atoms with Crippen molar-refractivity contribution in [2.45, 2.75) is 19.9 Å². The lowest BCUT2D eigenvalue weighted by Gasteiger charge is -2.18. The number of nitrogens with two attached hydrogens (primary N) is 1. The molecular weight excluding hydrogens is 140 g/mol. The molecule has 0 aliphatic carbocycles. The van der Waals surface area contributed by atoms with Crippen molar-refractivity contribution in [3.63, 3.8) is 0 Å². The first-order valence-electron chi connectivity index (χ1n) is 4.18. The van der Waals surface area contributed by atoms with E-state index in [1.165, 1.54) is 0 Å². The monoisotopic (exact) mass is 160 g/mol. The summed E-state index contributed by atoms with van der Waals surface area (Å²) >= 11 is 0. The lowest BCUT2D eigenvalue weighted by molar-refractivity contribution is 0.121. The summed E-state index contributed by atoms with van der Waals surface area (Å²) in [5, 5.41) is 0. The summed E-state index contributed by atoms with van der Waals surface area (Å²) in [5.41, 5.74) is 5.62. The van der Waals surface area contributed by atoms with Crippen molar-refractivity contribution in [1.29, 1.82) is 0 Å². The average molecular weight is 160 g/mol. The largest absolute Gasteiger partial charge is 0.380 e. The SMILES string of the molecule is CCOCCN(C)C[C@H](C)N. The van der Waals surface area contributed by atoms with Crippen LogP contribution in [-0.4, -0.2) is 44.3 Å². The Morgan fingerprint density at radius 2 is 2.18 bits per heavy atom. The Morgan fingerprint density at radius 3 is 2.64 bits per heavy atom. The second-order valence-corrected chi connectivity index (χ2v) is 2.94. The van der Waals surface area contributed by atoms with E-state index in [0.29, 0.717) is 0 Å². The molecule has 0 heterocycles. The van der Waals surface area contributed by atoms with Gasteiger partial charge in [0, 0.05) is 25.7 Å². The van der Waals surface area contributed by atoms with Crippen LogP contribution in [0, 0.1) is 0 Å². The van der Waals surface area contributed by atoms with Crippen LogP contribution in [0.15, 0.2) is 0 Å². The van der Waals surface area contributed by atoms with Gasteiger partial charge in [0.05, 0.1) is 6.61 Å². The van der Waals surface area contributed by atoms with Crippen LogP contribution < -0.4 is 5.73 Å². The second-order valence-electron chi connectivity index (χ2n) is 2.94. The van der Waals surface area contributed by atoms with E-state index >= 15 is 0 Å². The van der Waals surface area contributed by atoms with E-state index in [9.17, 15) is 0 Å². The molecule has 1 atom stereocenters. The zero-order valence-corrected chi connectivity index (χ0v) is 7.84.